The Morgan fingerprint density at radius 2 is 1.56 bits per heavy atom. The third-order valence-electron chi connectivity index (χ3n) is 6.01. The number of aromatic hydroxyl groups is 1. The number of hydrogen-bond donors (Lipinski definition) is 3. The number of carbonyl (C=O) groups is 4. The molecule has 0 fully saturated rings. The normalized spacial score (nSPS) is 13.2. The second-order valence-electron chi connectivity index (χ2n) is 8.43. The summed E-state index contributed by atoms with van der Waals surface area (Å²) in [4.78, 5) is 52.6. The zero-order valence-corrected chi connectivity index (χ0v) is 20.0. The zero-order chi connectivity index (χ0) is 26.0. The lowest BCUT2D eigenvalue weighted by Crippen LogP contribution is -2.44. The molecule has 1 heterocycles. The van der Waals surface area contributed by atoms with Gasteiger partial charge in [-0.3, -0.25) is 24.1 Å². The summed E-state index contributed by atoms with van der Waals surface area (Å²) in [6, 6.07) is 15.0. The molecule has 184 valence electrons. The van der Waals surface area contributed by atoms with Crippen LogP contribution in [-0.4, -0.2) is 47.3 Å². The minimum atomic E-state index is -1.21. The number of methoxy groups -OCH3 is 1. The van der Waals surface area contributed by atoms with E-state index in [-0.39, 0.29) is 22.6 Å². The molecule has 0 aromatic heterocycles. The topological polar surface area (TPSA) is 125 Å². The number of para-hydroxylation sites is 1. The molecule has 4 rings (SSSR count). The molecule has 0 spiro atoms. The monoisotopic (exact) mass is 487 g/mol. The van der Waals surface area contributed by atoms with E-state index >= 15 is 0 Å². The van der Waals surface area contributed by atoms with E-state index in [1.807, 2.05) is 32.0 Å². The maximum atomic E-state index is 13.4. The van der Waals surface area contributed by atoms with Gasteiger partial charge in [0.2, 0.25) is 5.91 Å². The highest BCUT2D eigenvalue weighted by atomic mass is 16.5. The van der Waals surface area contributed by atoms with E-state index in [1.54, 1.807) is 12.1 Å². The fourth-order valence-electron chi connectivity index (χ4n) is 4.11. The summed E-state index contributed by atoms with van der Waals surface area (Å²) in [5, 5.41) is 15.5. The number of anilines is 1. The minimum Gasteiger partial charge on any atom is -0.504 e. The lowest BCUT2D eigenvalue weighted by Gasteiger charge is -2.22. The van der Waals surface area contributed by atoms with Gasteiger partial charge >= 0.3 is 0 Å². The molecule has 0 saturated carbocycles. The van der Waals surface area contributed by atoms with E-state index < -0.39 is 36.2 Å². The second-order valence-corrected chi connectivity index (χ2v) is 8.43. The number of fused-ring (bicyclic) bond motifs is 1. The predicted molar refractivity (Wildman–Crippen MR) is 132 cm³/mol. The Morgan fingerprint density at radius 1 is 0.944 bits per heavy atom. The van der Waals surface area contributed by atoms with E-state index in [9.17, 15) is 24.3 Å². The van der Waals surface area contributed by atoms with Gasteiger partial charge < -0.3 is 20.5 Å². The first-order chi connectivity index (χ1) is 17.2. The lowest BCUT2D eigenvalue weighted by molar-refractivity contribution is -0.126. The van der Waals surface area contributed by atoms with Gasteiger partial charge in [-0.15, -0.1) is 0 Å². The third kappa shape index (κ3) is 4.63. The van der Waals surface area contributed by atoms with Gasteiger partial charge in [0.15, 0.2) is 11.5 Å². The highest BCUT2D eigenvalue weighted by molar-refractivity contribution is 6.22. The molecule has 0 aliphatic carbocycles. The van der Waals surface area contributed by atoms with Crippen LogP contribution in [0.3, 0.4) is 0 Å². The first-order valence-corrected chi connectivity index (χ1v) is 11.2. The summed E-state index contributed by atoms with van der Waals surface area (Å²) in [7, 11) is 1.37. The molecule has 0 saturated heterocycles. The maximum Gasteiger partial charge on any atom is 0.262 e. The number of nitrogens with one attached hydrogen (secondary N) is 2. The molecule has 1 aliphatic heterocycles. The van der Waals surface area contributed by atoms with Crippen LogP contribution in [0.15, 0.2) is 60.7 Å². The maximum absolute atomic E-state index is 13.4. The molecule has 3 aromatic carbocycles. The van der Waals surface area contributed by atoms with Gasteiger partial charge in [-0.1, -0.05) is 36.4 Å². The van der Waals surface area contributed by atoms with Gasteiger partial charge in [0.05, 0.1) is 18.2 Å². The van der Waals surface area contributed by atoms with Gasteiger partial charge in [-0.25, -0.2) is 0 Å². The number of rotatable bonds is 7. The molecular formula is C27H25N3O6. The van der Waals surface area contributed by atoms with Crippen molar-refractivity contribution in [3.05, 3.63) is 88.5 Å². The summed E-state index contributed by atoms with van der Waals surface area (Å²) >= 11 is 0. The van der Waals surface area contributed by atoms with Crippen LogP contribution < -0.4 is 15.4 Å². The molecule has 3 N–H and O–H groups in total. The predicted octanol–water partition coefficient (Wildman–Crippen LogP) is 3.11. The van der Waals surface area contributed by atoms with E-state index in [2.05, 4.69) is 10.6 Å². The fraction of sp³-hybridized carbons (Fsp3) is 0.185. The third-order valence-corrected chi connectivity index (χ3v) is 6.01. The number of phenols is 1. The highest BCUT2D eigenvalue weighted by Gasteiger charge is 2.37. The molecule has 4 amide bonds. The van der Waals surface area contributed by atoms with Gasteiger partial charge in [0, 0.05) is 5.69 Å². The van der Waals surface area contributed by atoms with Crippen molar-refractivity contribution in [3.63, 3.8) is 0 Å². The van der Waals surface area contributed by atoms with Crippen molar-refractivity contribution in [2.24, 2.45) is 0 Å². The summed E-state index contributed by atoms with van der Waals surface area (Å²) in [6.07, 6.45) is 0. The van der Waals surface area contributed by atoms with Crippen LogP contribution in [0.1, 0.15) is 43.4 Å². The summed E-state index contributed by atoms with van der Waals surface area (Å²) in [5.41, 5.74) is 3.06. The van der Waals surface area contributed by atoms with Crippen molar-refractivity contribution in [2.45, 2.75) is 19.9 Å². The van der Waals surface area contributed by atoms with Crippen LogP contribution >= 0.6 is 0 Å². The Morgan fingerprint density at radius 3 is 2.14 bits per heavy atom. The number of amides is 4. The Kier molecular flexibility index (Phi) is 6.73. The number of imide groups is 1. The molecule has 0 radical (unpaired) electrons. The zero-order valence-electron chi connectivity index (χ0n) is 20.0. The van der Waals surface area contributed by atoms with Gasteiger partial charge in [0.1, 0.15) is 12.6 Å². The Hall–Kier alpha value is -4.66. The quantitative estimate of drug-likeness (QED) is 0.440. The van der Waals surface area contributed by atoms with Gasteiger partial charge in [-0.05, 0) is 54.8 Å². The second kappa shape index (κ2) is 9.91. The molecule has 1 atom stereocenters. The molecule has 9 nitrogen and oxygen atoms in total. The van der Waals surface area contributed by atoms with Gasteiger partial charge in [-0.2, -0.15) is 0 Å². The number of phenolic OH excluding ortho intramolecular Hbond substituents is 1. The van der Waals surface area contributed by atoms with Crippen LogP contribution in [0.4, 0.5) is 5.69 Å². The lowest BCUT2D eigenvalue weighted by atomic mass is 10.0. The number of nitrogens with zero attached hydrogens (tertiary/aromatic N) is 1. The average Bonchev–Trinajstić information content (AvgIpc) is 3.10. The summed E-state index contributed by atoms with van der Waals surface area (Å²) in [6.45, 7) is 3.14. The largest absolute Gasteiger partial charge is 0.504 e. The summed E-state index contributed by atoms with van der Waals surface area (Å²) in [5.74, 6) is -2.42. The Balaban J connectivity index is 1.60. The number of hydrogen-bond acceptors (Lipinski definition) is 6. The van der Waals surface area contributed by atoms with Crippen LogP contribution in [0.25, 0.3) is 0 Å². The van der Waals surface area contributed by atoms with Crippen molar-refractivity contribution >= 4 is 29.3 Å². The van der Waals surface area contributed by atoms with Crippen LogP contribution in [0.2, 0.25) is 0 Å². The van der Waals surface area contributed by atoms with Crippen molar-refractivity contribution in [1.29, 1.82) is 0 Å². The number of carbonyl (C=O) groups excluding carboxylic acids is 4. The number of benzene rings is 3. The Labute approximate surface area is 207 Å². The van der Waals surface area contributed by atoms with E-state index in [1.165, 1.54) is 37.4 Å². The highest BCUT2D eigenvalue weighted by Crippen LogP contribution is 2.30. The SMILES string of the molecule is COc1cc(C(NC(=O)CN2C(=O)c3ccccc3C2=O)C(=O)Nc2c(C)cccc2C)ccc1O. The molecule has 3 aromatic rings. The van der Waals surface area contributed by atoms with Crippen LogP contribution in [0.5, 0.6) is 11.5 Å². The first kappa shape index (κ1) is 24.5. The molecule has 1 aliphatic rings. The molecule has 36 heavy (non-hydrogen) atoms. The van der Waals surface area contributed by atoms with Gasteiger partial charge in [0.25, 0.3) is 17.7 Å². The molecule has 9 heteroatoms. The number of aryl methyl sites for hydroxylation is 2. The Bertz CT molecular complexity index is 1330. The van der Waals surface area contributed by atoms with Crippen molar-refractivity contribution in [2.75, 3.05) is 19.0 Å². The van der Waals surface area contributed by atoms with E-state index in [4.69, 9.17) is 4.74 Å². The average molecular weight is 488 g/mol. The van der Waals surface area contributed by atoms with Crippen molar-refractivity contribution in [1.82, 2.24) is 10.2 Å². The summed E-state index contributed by atoms with van der Waals surface area (Å²) < 4.78 is 5.16. The van der Waals surface area contributed by atoms with Crippen LogP contribution in [0, 0.1) is 13.8 Å². The molecular weight excluding hydrogens is 462 g/mol. The van der Waals surface area contributed by atoms with E-state index in [0.29, 0.717) is 11.3 Å². The van der Waals surface area contributed by atoms with Crippen LogP contribution in [-0.2, 0) is 9.59 Å². The first-order valence-electron chi connectivity index (χ1n) is 11.2. The van der Waals surface area contributed by atoms with E-state index in [0.717, 1.165) is 16.0 Å². The van der Waals surface area contributed by atoms with Crippen molar-refractivity contribution in [3.8, 4) is 11.5 Å². The molecule has 0 bridgehead atoms. The smallest absolute Gasteiger partial charge is 0.262 e. The fourth-order valence-corrected chi connectivity index (χ4v) is 4.11. The molecule has 1 unspecified atom stereocenters. The van der Waals surface area contributed by atoms with Crippen molar-refractivity contribution < 1.29 is 29.0 Å². The standard InChI is InChI=1S/C27H25N3O6/c1-15-7-6-8-16(2)23(15)29-25(33)24(17-11-12-20(31)21(13-17)36-3)28-22(32)14-30-26(34)18-9-4-5-10-19(18)27(30)35/h4-13,24,31H,14H2,1-3H3,(H,28,32)(H,29,33). The minimum absolute atomic E-state index is 0.118. The number of ether oxygens (including phenoxy) is 1.